The Morgan fingerprint density at radius 2 is 1.85 bits per heavy atom. The summed E-state index contributed by atoms with van der Waals surface area (Å²) in [6.07, 6.45) is 3.36. The Kier molecular flexibility index (Phi) is 3.91. The van der Waals surface area contributed by atoms with Gasteiger partial charge < -0.3 is 10.2 Å². The number of carbonyl (C=O) groups excluding carboxylic acids is 2. The Labute approximate surface area is 149 Å². The van der Waals surface area contributed by atoms with Crippen LogP contribution in [0.15, 0.2) is 60.1 Å². The van der Waals surface area contributed by atoms with Crippen molar-refractivity contribution in [3.05, 3.63) is 77.0 Å². The highest BCUT2D eigenvalue weighted by Gasteiger charge is 2.42. The molecule has 1 unspecified atom stereocenters. The molecule has 26 heavy (non-hydrogen) atoms. The van der Waals surface area contributed by atoms with E-state index in [0.717, 1.165) is 5.56 Å². The number of likely N-dealkylation sites (N-methyl/N-ethyl adjacent to an activating group) is 1. The minimum Gasteiger partial charge on any atom is -0.329 e. The highest BCUT2D eigenvalue weighted by Crippen LogP contribution is 2.36. The number of amides is 3. The summed E-state index contributed by atoms with van der Waals surface area (Å²) >= 11 is 0. The number of benzene rings is 1. The molecule has 1 N–H and O–H groups in total. The minimum atomic E-state index is -0.579. The molecule has 0 saturated heterocycles. The molecule has 1 aromatic carbocycles. The third kappa shape index (κ3) is 2.71. The van der Waals surface area contributed by atoms with E-state index in [1.165, 1.54) is 17.0 Å². The number of pyridine rings is 1. The fraction of sp³-hybridized carbons (Fsp3) is 0.211. The van der Waals surface area contributed by atoms with Crippen LogP contribution < -0.4 is 5.32 Å². The van der Waals surface area contributed by atoms with Gasteiger partial charge in [0.15, 0.2) is 0 Å². The van der Waals surface area contributed by atoms with E-state index in [2.05, 4.69) is 10.3 Å². The van der Waals surface area contributed by atoms with Crippen LogP contribution in [0.25, 0.3) is 0 Å². The van der Waals surface area contributed by atoms with Gasteiger partial charge in [-0.2, -0.15) is 0 Å². The van der Waals surface area contributed by atoms with Crippen LogP contribution in [0.3, 0.4) is 0 Å². The summed E-state index contributed by atoms with van der Waals surface area (Å²) in [5, 5.41) is 2.84. The van der Waals surface area contributed by atoms with Crippen molar-refractivity contribution in [2.24, 2.45) is 0 Å². The number of nitrogens with one attached hydrogen (secondary N) is 1. The van der Waals surface area contributed by atoms with Crippen LogP contribution >= 0.6 is 0 Å². The summed E-state index contributed by atoms with van der Waals surface area (Å²) in [5.41, 5.74) is 2.86. The molecule has 3 heterocycles. The molecule has 0 fully saturated rings. The van der Waals surface area contributed by atoms with E-state index in [1.807, 2.05) is 12.1 Å². The lowest BCUT2D eigenvalue weighted by atomic mass is 9.96. The number of halogens is 1. The van der Waals surface area contributed by atoms with Crippen LogP contribution in [-0.4, -0.2) is 40.3 Å². The molecule has 1 aromatic heterocycles. The lowest BCUT2D eigenvalue weighted by Gasteiger charge is -2.31. The first-order valence-corrected chi connectivity index (χ1v) is 8.25. The molecule has 7 heteroatoms. The molecule has 0 saturated carbocycles. The van der Waals surface area contributed by atoms with Crippen molar-refractivity contribution in [2.45, 2.75) is 12.6 Å². The van der Waals surface area contributed by atoms with Crippen molar-refractivity contribution < 1.29 is 14.0 Å². The van der Waals surface area contributed by atoms with Gasteiger partial charge in [-0.1, -0.05) is 12.1 Å². The zero-order valence-electron chi connectivity index (χ0n) is 14.1. The van der Waals surface area contributed by atoms with E-state index in [9.17, 15) is 14.0 Å². The van der Waals surface area contributed by atoms with Crippen LogP contribution in [0.4, 0.5) is 9.18 Å². The van der Waals surface area contributed by atoms with E-state index in [1.54, 1.807) is 36.5 Å². The van der Waals surface area contributed by atoms with Crippen LogP contribution in [0.1, 0.15) is 17.2 Å². The number of urea groups is 1. The van der Waals surface area contributed by atoms with Gasteiger partial charge in [0.2, 0.25) is 0 Å². The third-order valence-electron chi connectivity index (χ3n) is 4.76. The Morgan fingerprint density at radius 1 is 1.15 bits per heavy atom. The van der Waals surface area contributed by atoms with E-state index in [-0.39, 0.29) is 17.8 Å². The van der Waals surface area contributed by atoms with Crippen molar-refractivity contribution in [1.82, 2.24) is 20.1 Å². The zero-order valence-corrected chi connectivity index (χ0v) is 14.1. The molecule has 0 radical (unpaired) electrons. The second kappa shape index (κ2) is 6.25. The molecule has 3 amide bonds. The first-order valence-electron chi connectivity index (χ1n) is 8.25. The summed E-state index contributed by atoms with van der Waals surface area (Å²) in [4.78, 5) is 32.5. The fourth-order valence-electron chi connectivity index (χ4n) is 3.36. The summed E-state index contributed by atoms with van der Waals surface area (Å²) in [5.74, 6) is -0.489. The monoisotopic (exact) mass is 352 g/mol. The zero-order chi connectivity index (χ0) is 18.3. The topological polar surface area (TPSA) is 65.5 Å². The van der Waals surface area contributed by atoms with Gasteiger partial charge in [0.25, 0.3) is 5.91 Å². The standard InChI is InChI=1S/C19H17FN4O2/c1-23-15-11-24(10-12-6-8-21-9-7-12)18(25)16(15)17(22-19(23)26)13-2-4-14(20)5-3-13/h2-9,17H,10-11H2,1H3,(H,22,26). The first-order chi connectivity index (χ1) is 12.5. The number of nitrogens with zero attached hydrogens (tertiary/aromatic N) is 3. The van der Waals surface area contributed by atoms with E-state index in [4.69, 9.17) is 0 Å². The first kappa shape index (κ1) is 16.3. The largest absolute Gasteiger partial charge is 0.329 e. The normalized spacial score (nSPS) is 19.7. The Morgan fingerprint density at radius 3 is 2.54 bits per heavy atom. The SMILES string of the molecule is CN1C(=O)NC(c2ccc(F)cc2)C2=C1CN(Cc1ccncc1)C2=O. The van der Waals surface area contributed by atoms with Crippen LogP contribution in [0, 0.1) is 5.82 Å². The average molecular weight is 352 g/mol. The summed E-state index contributed by atoms with van der Waals surface area (Å²) in [6, 6.07) is 8.69. The van der Waals surface area contributed by atoms with Gasteiger partial charge in [-0.05, 0) is 35.4 Å². The van der Waals surface area contributed by atoms with Gasteiger partial charge in [-0.3, -0.25) is 14.7 Å². The highest BCUT2D eigenvalue weighted by atomic mass is 19.1. The number of aromatic nitrogens is 1. The molecule has 2 aliphatic rings. The molecule has 1 atom stereocenters. The molecule has 0 spiro atoms. The maximum absolute atomic E-state index is 13.3. The fourth-order valence-corrected chi connectivity index (χ4v) is 3.36. The van der Waals surface area contributed by atoms with Gasteiger partial charge in [-0.25, -0.2) is 9.18 Å². The van der Waals surface area contributed by atoms with Gasteiger partial charge in [0.05, 0.1) is 23.9 Å². The average Bonchev–Trinajstić information content (AvgIpc) is 2.97. The van der Waals surface area contributed by atoms with Crippen LogP contribution in [0.2, 0.25) is 0 Å². The molecular weight excluding hydrogens is 335 g/mol. The maximum Gasteiger partial charge on any atom is 0.322 e. The lowest BCUT2D eigenvalue weighted by molar-refractivity contribution is -0.126. The van der Waals surface area contributed by atoms with E-state index >= 15 is 0 Å². The van der Waals surface area contributed by atoms with Crippen molar-refractivity contribution in [2.75, 3.05) is 13.6 Å². The van der Waals surface area contributed by atoms with Gasteiger partial charge in [0, 0.05) is 26.0 Å². The van der Waals surface area contributed by atoms with Crippen LogP contribution in [0.5, 0.6) is 0 Å². The van der Waals surface area contributed by atoms with Crippen LogP contribution in [-0.2, 0) is 11.3 Å². The van der Waals surface area contributed by atoms with Gasteiger partial charge in [0.1, 0.15) is 5.82 Å². The molecule has 2 aromatic rings. The summed E-state index contributed by atoms with van der Waals surface area (Å²) in [7, 11) is 1.65. The number of hydrogen-bond donors (Lipinski definition) is 1. The molecule has 2 aliphatic heterocycles. The summed E-state index contributed by atoms with van der Waals surface area (Å²) in [6.45, 7) is 0.796. The molecule has 0 aliphatic carbocycles. The second-order valence-electron chi connectivity index (χ2n) is 6.37. The Bertz CT molecular complexity index is 896. The van der Waals surface area contributed by atoms with Crippen molar-refractivity contribution >= 4 is 11.9 Å². The van der Waals surface area contributed by atoms with Gasteiger partial charge >= 0.3 is 6.03 Å². The third-order valence-corrected chi connectivity index (χ3v) is 4.76. The lowest BCUT2D eigenvalue weighted by Crippen LogP contribution is -2.45. The number of carbonyl (C=O) groups is 2. The number of rotatable bonds is 3. The molecule has 4 rings (SSSR count). The predicted molar refractivity (Wildman–Crippen MR) is 92.1 cm³/mol. The Hall–Kier alpha value is -3.22. The smallest absolute Gasteiger partial charge is 0.322 e. The van der Waals surface area contributed by atoms with Gasteiger partial charge in [-0.15, -0.1) is 0 Å². The quantitative estimate of drug-likeness (QED) is 0.921. The van der Waals surface area contributed by atoms with Crippen molar-refractivity contribution in [3.63, 3.8) is 0 Å². The van der Waals surface area contributed by atoms with E-state index < -0.39 is 6.04 Å². The van der Waals surface area contributed by atoms with E-state index in [0.29, 0.717) is 29.9 Å². The molecule has 132 valence electrons. The summed E-state index contributed by atoms with van der Waals surface area (Å²) < 4.78 is 13.3. The number of hydrogen-bond acceptors (Lipinski definition) is 3. The molecule has 0 bridgehead atoms. The van der Waals surface area contributed by atoms with Crippen molar-refractivity contribution in [3.8, 4) is 0 Å². The maximum atomic E-state index is 13.3. The Balaban J connectivity index is 1.67. The predicted octanol–water partition coefficient (Wildman–Crippen LogP) is 2.21. The minimum absolute atomic E-state index is 0.127. The molecule has 6 nitrogen and oxygen atoms in total. The highest BCUT2D eigenvalue weighted by molar-refractivity contribution is 6.01. The van der Waals surface area contributed by atoms with Crippen molar-refractivity contribution in [1.29, 1.82) is 0 Å². The second-order valence-corrected chi connectivity index (χ2v) is 6.37. The molecular formula is C19H17FN4O2.